The Morgan fingerprint density at radius 1 is 0.939 bits per heavy atom. The SMILES string of the molecule is O=C(C=Cc1ccc(O)cc1)OC[C@H]1O[C@@H](OCCc2ccc(O)c(O)c2)[C@H](O)[C@@H](O)[C@@H]1O. The van der Waals surface area contributed by atoms with Gasteiger partial charge in [0.25, 0.3) is 0 Å². The number of aromatic hydroxyl groups is 3. The Labute approximate surface area is 189 Å². The molecule has 5 atom stereocenters. The van der Waals surface area contributed by atoms with Gasteiger partial charge in [-0.25, -0.2) is 4.79 Å². The number of hydrogen-bond donors (Lipinski definition) is 6. The molecule has 0 spiro atoms. The predicted molar refractivity (Wildman–Crippen MR) is 114 cm³/mol. The first-order chi connectivity index (χ1) is 15.7. The van der Waals surface area contributed by atoms with Crippen molar-refractivity contribution in [3.05, 3.63) is 59.7 Å². The lowest BCUT2D eigenvalue weighted by molar-refractivity contribution is -0.301. The highest BCUT2D eigenvalue weighted by Gasteiger charge is 2.44. The van der Waals surface area contributed by atoms with Crippen LogP contribution in [0, 0.1) is 0 Å². The van der Waals surface area contributed by atoms with E-state index in [4.69, 9.17) is 14.2 Å². The molecule has 6 N–H and O–H groups in total. The van der Waals surface area contributed by atoms with E-state index in [1.165, 1.54) is 30.3 Å². The smallest absolute Gasteiger partial charge is 0.330 e. The normalized spacial score (nSPS) is 25.2. The van der Waals surface area contributed by atoms with Gasteiger partial charge in [0, 0.05) is 6.08 Å². The van der Waals surface area contributed by atoms with E-state index >= 15 is 0 Å². The first kappa shape index (κ1) is 24.5. The topological polar surface area (TPSA) is 166 Å². The van der Waals surface area contributed by atoms with E-state index in [-0.39, 0.29) is 23.9 Å². The summed E-state index contributed by atoms with van der Waals surface area (Å²) >= 11 is 0. The Morgan fingerprint density at radius 2 is 1.67 bits per heavy atom. The third kappa shape index (κ3) is 6.67. The number of aliphatic hydroxyl groups is 3. The Morgan fingerprint density at radius 3 is 2.36 bits per heavy atom. The third-order valence-electron chi connectivity index (χ3n) is 5.08. The Hall–Kier alpha value is -3.15. The summed E-state index contributed by atoms with van der Waals surface area (Å²) in [6.45, 7) is -0.355. The number of hydrogen-bond acceptors (Lipinski definition) is 10. The summed E-state index contributed by atoms with van der Waals surface area (Å²) in [7, 11) is 0. The van der Waals surface area contributed by atoms with E-state index in [9.17, 15) is 35.4 Å². The van der Waals surface area contributed by atoms with Gasteiger partial charge in [-0.3, -0.25) is 0 Å². The number of carbonyl (C=O) groups excluding carboxylic acids is 1. The summed E-state index contributed by atoms with van der Waals surface area (Å²) in [5, 5.41) is 58.6. The molecule has 2 aromatic carbocycles. The van der Waals surface area contributed by atoms with Gasteiger partial charge >= 0.3 is 5.97 Å². The fraction of sp³-hybridized carbons (Fsp3) is 0.348. The number of esters is 1. The quantitative estimate of drug-likeness (QED) is 0.184. The zero-order chi connectivity index (χ0) is 24.0. The van der Waals surface area contributed by atoms with Crippen LogP contribution >= 0.6 is 0 Å². The van der Waals surface area contributed by atoms with Crippen LogP contribution in [0.5, 0.6) is 17.2 Å². The van der Waals surface area contributed by atoms with Crippen molar-refractivity contribution >= 4 is 12.0 Å². The maximum atomic E-state index is 12.0. The molecule has 33 heavy (non-hydrogen) atoms. The molecular formula is C23H26O10. The molecule has 0 amide bonds. The van der Waals surface area contributed by atoms with E-state index in [0.29, 0.717) is 17.5 Å². The van der Waals surface area contributed by atoms with Crippen molar-refractivity contribution in [3.63, 3.8) is 0 Å². The van der Waals surface area contributed by atoms with E-state index in [0.717, 1.165) is 6.08 Å². The molecule has 0 aromatic heterocycles. The monoisotopic (exact) mass is 462 g/mol. The van der Waals surface area contributed by atoms with Crippen LogP contribution in [-0.2, 0) is 25.4 Å². The number of phenolic OH excluding ortho intramolecular Hbond substituents is 3. The highest BCUT2D eigenvalue weighted by atomic mass is 16.7. The van der Waals surface area contributed by atoms with Crippen LogP contribution in [0.3, 0.4) is 0 Å². The van der Waals surface area contributed by atoms with Crippen LogP contribution in [0.25, 0.3) is 6.08 Å². The average molecular weight is 462 g/mol. The summed E-state index contributed by atoms with van der Waals surface area (Å²) in [4.78, 5) is 12.0. The van der Waals surface area contributed by atoms with Gasteiger partial charge in [0.2, 0.25) is 0 Å². The lowest BCUT2D eigenvalue weighted by atomic mass is 9.99. The van der Waals surface area contributed by atoms with Crippen molar-refractivity contribution in [3.8, 4) is 17.2 Å². The molecule has 0 saturated carbocycles. The summed E-state index contributed by atoms with van der Waals surface area (Å²) in [6.07, 6.45) is -4.11. The molecular weight excluding hydrogens is 436 g/mol. The molecule has 1 saturated heterocycles. The first-order valence-corrected chi connectivity index (χ1v) is 10.2. The molecule has 10 nitrogen and oxygen atoms in total. The molecule has 0 aliphatic carbocycles. The minimum Gasteiger partial charge on any atom is -0.508 e. The van der Waals surface area contributed by atoms with E-state index in [2.05, 4.69) is 0 Å². The maximum absolute atomic E-state index is 12.0. The van der Waals surface area contributed by atoms with Gasteiger partial charge in [0.05, 0.1) is 6.61 Å². The van der Waals surface area contributed by atoms with Gasteiger partial charge < -0.3 is 44.8 Å². The zero-order valence-corrected chi connectivity index (χ0v) is 17.5. The Balaban J connectivity index is 1.50. The van der Waals surface area contributed by atoms with Crippen LogP contribution in [0.4, 0.5) is 0 Å². The average Bonchev–Trinajstić information content (AvgIpc) is 2.80. The van der Waals surface area contributed by atoms with E-state index in [1.807, 2.05) is 0 Å². The van der Waals surface area contributed by atoms with Crippen LogP contribution in [-0.4, -0.2) is 80.5 Å². The highest BCUT2D eigenvalue weighted by molar-refractivity contribution is 5.87. The second-order valence-corrected chi connectivity index (χ2v) is 7.51. The van der Waals surface area contributed by atoms with Gasteiger partial charge in [-0.1, -0.05) is 18.2 Å². The fourth-order valence-electron chi connectivity index (χ4n) is 3.17. The van der Waals surface area contributed by atoms with E-state index in [1.54, 1.807) is 18.2 Å². The predicted octanol–water partition coefficient (Wildman–Crippen LogP) is 0.427. The molecule has 2 aromatic rings. The van der Waals surface area contributed by atoms with Crippen molar-refractivity contribution in [1.29, 1.82) is 0 Å². The number of aliphatic hydroxyl groups excluding tert-OH is 3. The molecule has 0 radical (unpaired) electrons. The lowest BCUT2D eigenvalue weighted by Crippen LogP contribution is -2.59. The van der Waals surface area contributed by atoms with Gasteiger partial charge in [0.1, 0.15) is 36.8 Å². The van der Waals surface area contributed by atoms with Crippen LogP contribution in [0.15, 0.2) is 48.5 Å². The largest absolute Gasteiger partial charge is 0.508 e. The standard InChI is InChI=1S/C23H26O10/c24-15-5-1-13(2-6-15)4-8-19(27)32-12-18-20(28)21(29)22(30)23(33-18)31-10-9-14-3-7-16(25)17(26)11-14/h1-8,11,18,20-26,28-30H,9-10,12H2/t18-,20-,21+,22-,23-/m1/s1. The van der Waals surface area contributed by atoms with Crippen molar-refractivity contribution in [1.82, 2.24) is 0 Å². The third-order valence-corrected chi connectivity index (χ3v) is 5.08. The summed E-state index contributed by atoms with van der Waals surface area (Å²) in [5.41, 5.74) is 1.31. The molecule has 1 aliphatic heterocycles. The number of phenols is 3. The van der Waals surface area contributed by atoms with Crippen molar-refractivity contribution in [2.75, 3.05) is 13.2 Å². The van der Waals surface area contributed by atoms with Crippen LogP contribution in [0.2, 0.25) is 0 Å². The van der Waals surface area contributed by atoms with Crippen molar-refractivity contribution < 1.29 is 49.6 Å². The molecule has 0 bridgehead atoms. The number of ether oxygens (including phenoxy) is 3. The number of rotatable bonds is 8. The maximum Gasteiger partial charge on any atom is 0.330 e. The molecule has 1 fully saturated rings. The first-order valence-electron chi connectivity index (χ1n) is 10.2. The van der Waals surface area contributed by atoms with Crippen molar-refractivity contribution in [2.24, 2.45) is 0 Å². The molecule has 10 heteroatoms. The van der Waals surface area contributed by atoms with Crippen molar-refractivity contribution in [2.45, 2.75) is 37.1 Å². The number of carbonyl (C=O) groups is 1. The molecule has 3 rings (SSSR count). The molecule has 1 heterocycles. The lowest BCUT2D eigenvalue weighted by Gasteiger charge is -2.39. The fourth-order valence-corrected chi connectivity index (χ4v) is 3.17. The van der Waals surface area contributed by atoms with Gasteiger partial charge in [-0.2, -0.15) is 0 Å². The second kappa shape index (κ2) is 11.1. The van der Waals surface area contributed by atoms with Gasteiger partial charge in [-0.15, -0.1) is 0 Å². The summed E-state index contributed by atoms with van der Waals surface area (Å²) in [6, 6.07) is 10.4. The molecule has 1 aliphatic rings. The molecule has 0 unspecified atom stereocenters. The van der Waals surface area contributed by atoms with Gasteiger partial charge in [0.15, 0.2) is 17.8 Å². The van der Waals surface area contributed by atoms with Crippen LogP contribution in [0.1, 0.15) is 11.1 Å². The minimum absolute atomic E-state index is 0.0383. The second-order valence-electron chi connectivity index (χ2n) is 7.51. The van der Waals surface area contributed by atoms with Gasteiger partial charge in [-0.05, 0) is 47.9 Å². The highest BCUT2D eigenvalue weighted by Crippen LogP contribution is 2.26. The summed E-state index contributed by atoms with van der Waals surface area (Å²) < 4.78 is 16.0. The number of benzene rings is 2. The minimum atomic E-state index is -1.59. The zero-order valence-electron chi connectivity index (χ0n) is 17.5. The Kier molecular flexibility index (Phi) is 8.26. The van der Waals surface area contributed by atoms with E-state index < -0.39 is 43.3 Å². The Bertz CT molecular complexity index is 958. The molecule has 178 valence electrons. The summed E-state index contributed by atoms with van der Waals surface area (Å²) in [5.74, 6) is -1.15. The van der Waals surface area contributed by atoms with Crippen LogP contribution < -0.4 is 0 Å².